The largest absolute Gasteiger partial charge is 0.491 e. The van der Waals surface area contributed by atoms with Gasteiger partial charge < -0.3 is 19.5 Å². The third kappa shape index (κ3) is 4.34. The Morgan fingerprint density at radius 3 is 2.83 bits per heavy atom. The van der Waals surface area contributed by atoms with Crippen LogP contribution in [0.4, 0.5) is 5.95 Å². The molecule has 1 saturated carbocycles. The first-order valence-corrected chi connectivity index (χ1v) is 12.2. The van der Waals surface area contributed by atoms with Crippen molar-refractivity contribution < 1.29 is 9.53 Å². The lowest BCUT2D eigenvalue weighted by molar-refractivity contribution is 0.0671. The van der Waals surface area contributed by atoms with Crippen molar-refractivity contribution in [2.75, 3.05) is 25.5 Å². The second-order valence-electron chi connectivity index (χ2n) is 9.20. The number of hydrogen-bond donors (Lipinski definition) is 1. The summed E-state index contributed by atoms with van der Waals surface area (Å²) in [6, 6.07) is 8.08. The highest BCUT2D eigenvalue weighted by molar-refractivity contribution is 5.97. The van der Waals surface area contributed by atoms with E-state index in [1.807, 2.05) is 38.1 Å². The number of rotatable bonds is 8. The molecule has 8 heteroatoms. The van der Waals surface area contributed by atoms with Crippen molar-refractivity contribution >= 4 is 11.9 Å². The fraction of sp³-hybridized carbons (Fsp3) is 0.407. The van der Waals surface area contributed by atoms with Crippen LogP contribution < -0.4 is 10.1 Å². The molecule has 2 aliphatic rings. The Morgan fingerprint density at radius 2 is 2.11 bits per heavy atom. The number of nitrogens with zero attached hydrogens (tertiary/aromatic N) is 5. The second kappa shape index (κ2) is 9.41. The van der Waals surface area contributed by atoms with Crippen LogP contribution in [0.1, 0.15) is 77.0 Å². The SMILES string of the molecule is CCOc1cc([C@H](C)N2CCc3c(cc(Cn4ccnc4NC)cc3C3CC3)C2=O)cnc1C#N. The van der Waals surface area contributed by atoms with Crippen molar-refractivity contribution in [3.63, 3.8) is 0 Å². The Balaban J connectivity index is 1.47. The lowest BCUT2D eigenvalue weighted by Gasteiger charge is -2.35. The predicted octanol–water partition coefficient (Wildman–Crippen LogP) is 4.28. The number of carbonyl (C=O) groups excluding carboxylic acids is 1. The van der Waals surface area contributed by atoms with E-state index in [0.717, 1.165) is 29.1 Å². The van der Waals surface area contributed by atoms with Gasteiger partial charge in [0.15, 0.2) is 11.4 Å². The van der Waals surface area contributed by atoms with Crippen molar-refractivity contribution in [1.82, 2.24) is 19.4 Å². The molecule has 8 nitrogen and oxygen atoms in total. The topological polar surface area (TPSA) is 96.1 Å². The molecule has 1 aromatic carbocycles. The third-order valence-electron chi connectivity index (χ3n) is 6.98. The van der Waals surface area contributed by atoms with E-state index in [0.29, 0.717) is 31.4 Å². The second-order valence-corrected chi connectivity index (χ2v) is 9.20. The van der Waals surface area contributed by atoms with Crippen molar-refractivity contribution in [3.8, 4) is 11.8 Å². The van der Waals surface area contributed by atoms with Crippen LogP contribution >= 0.6 is 0 Å². The number of nitrogens with one attached hydrogen (secondary N) is 1. The van der Waals surface area contributed by atoms with Gasteiger partial charge >= 0.3 is 0 Å². The summed E-state index contributed by atoms with van der Waals surface area (Å²) in [6.45, 7) is 5.65. The zero-order valence-corrected chi connectivity index (χ0v) is 20.4. The van der Waals surface area contributed by atoms with Gasteiger partial charge in [-0.3, -0.25) is 4.79 Å². The van der Waals surface area contributed by atoms with E-state index in [1.54, 1.807) is 12.4 Å². The van der Waals surface area contributed by atoms with Gasteiger partial charge in [-0.15, -0.1) is 0 Å². The number of hydrogen-bond acceptors (Lipinski definition) is 6. The average Bonchev–Trinajstić information content (AvgIpc) is 3.63. The molecule has 0 bridgehead atoms. The summed E-state index contributed by atoms with van der Waals surface area (Å²) in [4.78, 5) is 24.4. The van der Waals surface area contributed by atoms with E-state index in [1.165, 1.54) is 24.0 Å². The highest BCUT2D eigenvalue weighted by atomic mass is 16.5. The molecule has 1 N–H and O–H groups in total. The summed E-state index contributed by atoms with van der Waals surface area (Å²) in [7, 11) is 1.86. The van der Waals surface area contributed by atoms with Gasteiger partial charge in [0.1, 0.15) is 6.07 Å². The number of aromatic nitrogens is 3. The number of fused-ring (bicyclic) bond motifs is 1. The molecule has 1 atom stereocenters. The number of carbonyl (C=O) groups is 1. The minimum atomic E-state index is -0.187. The minimum Gasteiger partial charge on any atom is -0.491 e. The number of pyridine rings is 1. The molecule has 180 valence electrons. The molecule has 1 aliphatic heterocycles. The molecule has 1 amide bonds. The highest BCUT2D eigenvalue weighted by Crippen LogP contribution is 2.44. The number of imidazole rings is 1. The van der Waals surface area contributed by atoms with Crippen molar-refractivity contribution in [1.29, 1.82) is 5.26 Å². The number of ether oxygens (including phenoxy) is 1. The minimum absolute atomic E-state index is 0.0456. The van der Waals surface area contributed by atoms with Crippen molar-refractivity contribution in [2.24, 2.45) is 0 Å². The first kappa shape index (κ1) is 22.9. The predicted molar refractivity (Wildman–Crippen MR) is 133 cm³/mol. The summed E-state index contributed by atoms with van der Waals surface area (Å²) in [5.74, 6) is 1.87. The fourth-order valence-corrected chi connectivity index (χ4v) is 5.01. The molecule has 0 unspecified atom stereocenters. The van der Waals surface area contributed by atoms with E-state index < -0.39 is 0 Å². The Morgan fingerprint density at radius 1 is 1.29 bits per heavy atom. The van der Waals surface area contributed by atoms with Gasteiger partial charge in [-0.2, -0.15) is 5.26 Å². The number of amides is 1. The van der Waals surface area contributed by atoms with Crippen LogP contribution in [-0.4, -0.2) is 45.5 Å². The smallest absolute Gasteiger partial charge is 0.254 e. The van der Waals surface area contributed by atoms with Crippen LogP contribution in [0.25, 0.3) is 0 Å². The maximum Gasteiger partial charge on any atom is 0.254 e. The normalized spacial score (nSPS) is 15.9. The molecule has 35 heavy (non-hydrogen) atoms. The van der Waals surface area contributed by atoms with Gasteiger partial charge in [-0.05, 0) is 73.4 Å². The molecule has 0 radical (unpaired) electrons. The highest BCUT2D eigenvalue weighted by Gasteiger charge is 2.35. The summed E-state index contributed by atoms with van der Waals surface area (Å²) < 4.78 is 7.68. The lowest BCUT2D eigenvalue weighted by atomic mass is 9.88. The van der Waals surface area contributed by atoms with Crippen LogP contribution in [0, 0.1) is 11.3 Å². The van der Waals surface area contributed by atoms with Gasteiger partial charge in [0.25, 0.3) is 5.91 Å². The summed E-state index contributed by atoms with van der Waals surface area (Å²) in [5, 5.41) is 12.5. The first-order valence-electron chi connectivity index (χ1n) is 12.2. The van der Waals surface area contributed by atoms with E-state index >= 15 is 0 Å². The fourth-order valence-electron chi connectivity index (χ4n) is 5.01. The Bertz CT molecular complexity index is 1300. The van der Waals surface area contributed by atoms with Crippen molar-refractivity contribution in [2.45, 2.75) is 51.6 Å². The van der Waals surface area contributed by atoms with Gasteiger partial charge in [0.05, 0.1) is 19.2 Å². The Hall–Kier alpha value is -3.86. The molecule has 0 spiro atoms. The van der Waals surface area contributed by atoms with Crippen LogP contribution in [0.5, 0.6) is 5.75 Å². The van der Waals surface area contributed by atoms with Crippen LogP contribution in [0.3, 0.4) is 0 Å². The van der Waals surface area contributed by atoms with Gasteiger partial charge in [-0.25, -0.2) is 9.97 Å². The Labute approximate surface area is 205 Å². The molecule has 1 aliphatic carbocycles. The quantitative estimate of drug-likeness (QED) is 0.528. The molecular weight excluding hydrogens is 440 g/mol. The van der Waals surface area contributed by atoms with Gasteiger partial charge in [-0.1, -0.05) is 6.07 Å². The Kier molecular flexibility index (Phi) is 6.16. The van der Waals surface area contributed by atoms with Crippen LogP contribution in [0.2, 0.25) is 0 Å². The number of nitriles is 1. The van der Waals surface area contributed by atoms with Crippen molar-refractivity contribution in [3.05, 3.63) is 70.3 Å². The molecule has 3 heterocycles. The van der Waals surface area contributed by atoms with Gasteiger partial charge in [0, 0.05) is 37.7 Å². The maximum absolute atomic E-state index is 13.8. The van der Waals surface area contributed by atoms with E-state index in [-0.39, 0.29) is 17.6 Å². The zero-order chi connectivity index (χ0) is 24.5. The van der Waals surface area contributed by atoms with Crippen LogP contribution in [0.15, 0.2) is 36.8 Å². The third-order valence-corrected chi connectivity index (χ3v) is 6.98. The molecule has 2 aromatic heterocycles. The first-order chi connectivity index (χ1) is 17.0. The standard InChI is InChI=1S/C27H30N6O2/c1-4-35-25-13-20(15-31-24(25)14-28)17(2)33-9-7-21-22(19-5-6-19)11-18(12-23(21)26(33)34)16-32-10-8-30-27(32)29-3/h8,10-13,15,17,19H,4-7,9,16H2,1-3H3,(H,29,30)/t17-/m0/s1. The number of benzene rings is 1. The lowest BCUT2D eigenvalue weighted by Crippen LogP contribution is -2.40. The molecule has 5 rings (SSSR count). The summed E-state index contributed by atoms with van der Waals surface area (Å²) >= 11 is 0. The maximum atomic E-state index is 13.8. The molecule has 0 saturated heterocycles. The van der Waals surface area contributed by atoms with Crippen LogP contribution in [-0.2, 0) is 13.0 Å². The van der Waals surface area contributed by atoms with E-state index in [9.17, 15) is 10.1 Å². The monoisotopic (exact) mass is 470 g/mol. The summed E-state index contributed by atoms with van der Waals surface area (Å²) in [6.07, 6.45) is 8.63. The average molecular weight is 471 g/mol. The van der Waals surface area contributed by atoms with E-state index in [4.69, 9.17) is 4.74 Å². The van der Waals surface area contributed by atoms with Gasteiger partial charge in [0.2, 0.25) is 5.95 Å². The molecular formula is C27H30N6O2. The molecule has 3 aromatic rings. The molecule has 1 fully saturated rings. The zero-order valence-electron chi connectivity index (χ0n) is 20.4. The van der Waals surface area contributed by atoms with E-state index in [2.05, 4.69) is 38.1 Å². The summed E-state index contributed by atoms with van der Waals surface area (Å²) in [5.41, 5.74) is 5.58. The number of anilines is 1.